The first-order valence-corrected chi connectivity index (χ1v) is 5.83. The molecule has 1 heterocycles. The van der Waals surface area contributed by atoms with Gasteiger partial charge in [-0.05, 0) is 25.3 Å². The summed E-state index contributed by atoms with van der Waals surface area (Å²) in [5.74, 6) is 0.444. The number of ether oxygens (including phenoxy) is 1. The van der Waals surface area contributed by atoms with Crippen molar-refractivity contribution in [1.82, 2.24) is 5.32 Å². The van der Waals surface area contributed by atoms with Gasteiger partial charge in [0.05, 0.1) is 6.61 Å². The van der Waals surface area contributed by atoms with Crippen molar-refractivity contribution in [3.8, 4) is 0 Å². The molecule has 1 aromatic rings. The Kier molecular flexibility index (Phi) is 3.91. The quantitative estimate of drug-likeness (QED) is 0.846. The Hall–Kier alpha value is -0.930. The standard InChI is InChI=1S/C13H18FNO/c1-10(12-4-2-3-5-13(12)14)15-8-11-6-7-16-9-11/h2-5,10-11,15H,6-9H2,1H3. The summed E-state index contributed by atoms with van der Waals surface area (Å²) in [7, 11) is 0. The topological polar surface area (TPSA) is 21.3 Å². The number of benzene rings is 1. The molecule has 2 unspecified atom stereocenters. The molecule has 0 saturated carbocycles. The van der Waals surface area contributed by atoms with E-state index in [1.807, 2.05) is 19.1 Å². The first-order valence-electron chi connectivity index (χ1n) is 5.83. The smallest absolute Gasteiger partial charge is 0.127 e. The van der Waals surface area contributed by atoms with Gasteiger partial charge in [0.1, 0.15) is 5.82 Å². The number of hydrogen-bond acceptors (Lipinski definition) is 2. The maximum atomic E-state index is 13.5. The van der Waals surface area contributed by atoms with Gasteiger partial charge in [-0.2, -0.15) is 0 Å². The van der Waals surface area contributed by atoms with Crippen LogP contribution in [0.15, 0.2) is 24.3 Å². The molecule has 0 bridgehead atoms. The van der Waals surface area contributed by atoms with E-state index < -0.39 is 0 Å². The number of rotatable bonds is 4. The van der Waals surface area contributed by atoms with Crippen molar-refractivity contribution < 1.29 is 9.13 Å². The minimum Gasteiger partial charge on any atom is -0.381 e. The lowest BCUT2D eigenvalue weighted by molar-refractivity contribution is 0.184. The van der Waals surface area contributed by atoms with Crippen LogP contribution in [-0.2, 0) is 4.74 Å². The third-order valence-corrected chi connectivity index (χ3v) is 3.11. The maximum absolute atomic E-state index is 13.5. The monoisotopic (exact) mass is 223 g/mol. The second-order valence-corrected chi connectivity index (χ2v) is 4.38. The minimum atomic E-state index is -0.134. The summed E-state index contributed by atoms with van der Waals surface area (Å²) in [5.41, 5.74) is 0.737. The zero-order valence-electron chi connectivity index (χ0n) is 9.58. The largest absolute Gasteiger partial charge is 0.381 e. The Labute approximate surface area is 95.8 Å². The molecule has 1 aliphatic rings. The lowest BCUT2D eigenvalue weighted by Crippen LogP contribution is -2.26. The highest BCUT2D eigenvalue weighted by Gasteiger charge is 2.17. The molecule has 16 heavy (non-hydrogen) atoms. The number of halogens is 1. The van der Waals surface area contributed by atoms with Gasteiger partial charge in [0.2, 0.25) is 0 Å². The van der Waals surface area contributed by atoms with Crippen molar-refractivity contribution in [2.45, 2.75) is 19.4 Å². The van der Waals surface area contributed by atoms with Crippen LogP contribution in [0.3, 0.4) is 0 Å². The number of nitrogens with one attached hydrogen (secondary N) is 1. The van der Waals surface area contributed by atoms with Crippen LogP contribution in [0, 0.1) is 11.7 Å². The van der Waals surface area contributed by atoms with Gasteiger partial charge in [-0.15, -0.1) is 0 Å². The molecule has 2 nitrogen and oxygen atoms in total. The Bertz CT molecular complexity index is 336. The average Bonchev–Trinajstić information content (AvgIpc) is 2.79. The van der Waals surface area contributed by atoms with Gasteiger partial charge in [0.25, 0.3) is 0 Å². The van der Waals surface area contributed by atoms with E-state index in [0.717, 1.165) is 31.7 Å². The van der Waals surface area contributed by atoms with E-state index in [4.69, 9.17) is 4.74 Å². The fourth-order valence-corrected chi connectivity index (χ4v) is 2.02. The molecule has 0 aliphatic carbocycles. The number of hydrogen-bond donors (Lipinski definition) is 1. The zero-order chi connectivity index (χ0) is 11.4. The van der Waals surface area contributed by atoms with Crippen LogP contribution >= 0.6 is 0 Å². The molecule has 1 N–H and O–H groups in total. The van der Waals surface area contributed by atoms with Crippen LogP contribution in [0.5, 0.6) is 0 Å². The summed E-state index contributed by atoms with van der Waals surface area (Å²) in [6.45, 7) is 4.58. The third-order valence-electron chi connectivity index (χ3n) is 3.11. The van der Waals surface area contributed by atoms with Gasteiger partial charge < -0.3 is 10.1 Å². The molecule has 0 amide bonds. The predicted octanol–water partition coefficient (Wildman–Crippen LogP) is 2.51. The van der Waals surface area contributed by atoms with Gasteiger partial charge in [0, 0.05) is 24.8 Å². The fourth-order valence-electron chi connectivity index (χ4n) is 2.02. The molecule has 0 aromatic heterocycles. The normalized spacial score (nSPS) is 22.2. The van der Waals surface area contributed by atoms with Gasteiger partial charge in [-0.3, -0.25) is 0 Å². The highest BCUT2D eigenvalue weighted by atomic mass is 19.1. The zero-order valence-corrected chi connectivity index (χ0v) is 9.58. The highest BCUT2D eigenvalue weighted by Crippen LogP contribution is 2.17. The highest BCUT2D eigenvalue weighted by molar-refractivity contribution is 5.20. The van der Waals surface area contributed by atoms with E-state index >= 15 is 0 Å². The molecule has 2 atom stereocenters. The van der Waals surface area contributed by atoms with E-state index in [0.29, 0.717) is 5.92 Å². The predicted molar refractivity (Wildman–Crippen MR) is 61.7 cm³/mol. The van der Waals surface area contributed by atoms with Crippen molar-refractivity contribution in [2.75, 3.05) is 19.8 Å². The van der Waals surface area contributed by atoms with Crippen molar-refractivity contribution in [3.05, 3.63) is 35.6 Å². The third kappa shape index (κ3) is 2.80. The molecule has 2 rings (SSSR count). The molecule has 88 valence electrons. The minimum absolute atomic E-state index is 0.0572. The molecule has 3 heteroatoms. The van der Waals surface area contributed by atoms with Crippen molar-refractivity contribution in [1.29, 1.82) is 0 Å². The lowest BCUT2D eigenvalue weighted by Gasteiger charge is -2.17. The SMILES string of the molecule is CC(NCC1CCOC1)c1ccccc1F. The summed E-state index contributed by atoms with van der Waals surface area (Å²) < 4.78 is 18.8. The molecule has 0 spiro atoms. The van der Waals surface area contributed by atoms with E-state index in [2.05, 4.69) is 5.32 Å². The second kappa shape index (κ2) is 5.41. The van der Waals surface area contributed by atoms with E-state index in [9.17, 15) is 4.39 Å². The Balaban J connectivity index is 1.87. The molecule has 1 fully saturated rings. The van der Waals surface area contributed by atoms with E-state index in [1.165, 1.54) is 6.07 Å². The Morgan fingerprint density at radius 1 is 1.50 bits per heavy atom. The average molecular weight is 223 g/mol. The van der Waals surface area contributed by atoms with E-state index in [1.54, 1.807) is 6.07 Å². The van der Waals surface area contributed by atoms with Gasteiger partial charge in [-0.25, -0.2) is 4.39 Å². The van der Waals surface area contributed by atoms with Crippen LogP contribution in [-0.4, -0.2) is 19.8 Å². The van der Waals surface area contributed by atoms with Crippen LogP contribution in [0.2, 0.25) is 0 Å². The Morgan fingerprint density at radius 2 is 2.31 bits per heavy atom. The Morgan fingerprint density at radius 3 is 3.00 bits per heavy atom. The van der Waals surface area contributed by atoms with Gasteiger partial charge >= 0.3 is 0 Å². The van der Waals surface area contributed by atoms with Crippen molar-refractivity contribution in [3.63, 3.8) is 0 Å². The summed E-state index contributed by atoms with van der Waals surface area (Å²) in [6.07, 6.45) is 1.11. The summed E-state index contributed by atoms with van der Waals surface area (Å²) in [6, 6.07) is 6.98. The molecular formula is C13H18FNO. The van der Waals surface area contributed by atoms with Crippen LogP contribution in [0.1, 0.15) is 24.9 Å². The van der Waals surface area contributed by atoms with Crippen LogP contribution < -0.4 is 5.32 Å². The van der Waals surface area contributed by atoms with Gasteiger partial charge in [-0.1, -0.05) is 18.2 Å². The lowest BCUT2D eigenvalue weighted by atomic mass is 10.1. The fraction of sp³-hybridized carbons (Fsp3) is 0.538. The first kappa shape index (κ1) is 11.6. The van der Waals surface area contributed by atoms with Crippen molar-refractivity contribution >= 4 is 0 Å². The van der Waals surface area contributed by atoms with Crippen molar-refractivity contribution in [2.24, 2.45) is 5.92 Å². The molecular weight excluding hydrogens is 205 g/mol. The first-order chi connectivity index (χ1) is 7.77. The summed E-state index contributed by atoms with van der Waals surface area (Å²) >= 11 is 0. The molecule has 1 saturated heterocycles. The van der Waals surface area contributed by atoms with Crippen LogP contribution in [0.4, 0.5) is 4.39 Å². The second-order valence-electron chi connectivity index (χ2n) is 4.38. The molecule has 1 aromatic carbocycles. The summed E-state index contributed by atoms with van der Waals surface area (Å²) in [5, 5.41) is 3.36. The molecule has 1 aliphatic heterocycles. The van der Waals surface area contributed by atoms with E-state index in [-0.39, 0.29) is 11.9 Å². The maximum Gasteiger partial charge on any atom is 0.127 e. The van der Waals surface area contributed by atoms with Gasteiger partial charge in [0.15, 0.2) is 0 Å². The molecule has 0 radical (unpaired) electrons. The van der Waals surface area contributed by atoms with Crippen LogP contribution in [0.25, 0.3) is 0 Å². The summed E-state index contributed by atoms with van der Waals surface area (Å²) in [4.78, 5) is 0.